The van der Waals surface area contributed by atoms with E-state index in [0.29, 0.717) is 0 Å². The maximum absolute atomic E-state index is 3.54. The van der Waals surface area contributed by atoms with Crippen molar-refractivity contribution in [2.24, 2.45) is 5.92 Å². The minimum absolute atomic E-state index is 0.865. The van der Waals surface area contributed by atoms with Crippen LogP contribution in [0.15, 0.2) is 46.3 Å². The van der Waals surface area contributed by atoms with Crippen LogP contribution in [0.5, 0.6) is 0 Å². The molecule has 1 saturated heterocycles. The second-order valence-corrected chi connectivity index (χ2v) is 8.16. The molecule has 1 aliphatic rings. The van der Waals surface area contributed by atoms with Crippen molar-refractivity contribution < 1.29 is 0 Å². The van der Waals surface area contributed by atoms with Crippen molar-refractivity contribution in [2.75, 3.05) is 13.1 Å². The van der Waals surface area contributed by atoms with E-state index in [4.69, 9.17) is 0 Å². The van der Waals surface area contributed by atoms with Gasteiger partial charge >= 0.3 is 0 Å². The van der Waals surface area contributed by atoms with Crippen LogP contribution >= 0.6 is 27.3 Å². The van der Waals surface area contributed by atoms with Gasteiger partial charge in [0.2, 0.25) is 0 Å². The van der Waals surface area contributed by atoms with Crippen LogP contribution in [0.3, 0.4) is 0 Å². The number of hydrogen-bond donors (Lipinski definition) is 0. The Kier molecular flexibility index (Phi) is 4.92. The Morgan fingerprint density at radius 3 is 2.45 bits per heavy atom. The van der Waals surface area contributed by atoms with Crippen molar-refractivity contribution in [1.82, 2.24) is 4.90 Å². The molecule has 0 unspecified atom stereocenters. The lowest BCUT2D eigenvalue weighted by molar-refractivity contribution is 0.178. The van der Waals surface area contributed by atoms with E-state index in [1.54, 1.807) is 0 Å². The molecule has 0 spiro atoms. The Bertz CT molecular complexity index is 529. The zero-order valence-electron chi connectivity index (χ0n) is 11.6. The zero-order valence-corrected chi connectivity index (χ0v) is 14.0. The molecule has 1 aromatic heterocycles. The second-order valence-electron chi connectivity index (χ2n) is 5.62. The molecular formula is C17H20BrNS. The van der Waals surface area contributed by atoms with E-state index in [1.807, 2.05) is 11.3 Å². The molecule has 1 aliphatic heterocycles. The van der Waals surface area contributed by atoms with E-state index in [1.165, 1.54) is 46.6 Å². The van der Waals surface area contributed by atoms with Crippen LogP contribution in [0.2, 0.25) is 0 Å². The van der Waals surface area contributed by atoms with Crippen LogP contribution in [0.4, 0.5) is 0 Å². The lowest BCUT2D eigenvalue weighted by Crippen LogP contribution is -2.33. The number of halogens is 1. The summed E-state index contributed by atoms with van der Waals surface area (Å²) in [6.07, 6.45) is 3.92. The first-order valence-electron chi connectivity index (χ1n) is 7.30. The molecule has 0 radical (unpaired) electrons. The highest BCUT2D eigenvalue weighted by molar-refractivity contribution is 9.11. The van der Waals surface area contributed by atoms with Crippen LogP contribution in [-0.2, 0) is 13.0 Å². The maximum atomic E-state index is 3.54. The average molecular weight is 350 g/mol. The third kappa shape index (κ3) is 3.94. The van der Waals surface area contributed by atoms with Crippen molar-refractivity contribution in [3.05, 3.63) is 56.7 Å². The second kappa shape index (κ2) is 6.88. The largest absolute Gasteiger partial charge is 0.298 e. The average Bonchev–Trinajstić information content (AvgIpc) is 2.88. The van der Waals surface area contributed by atoms with Crippen LogP contribution < -0.4 is 0 Å². The first-order valence-corrected chi connectivity index (χ1v) is 8.91. The van der Waals surface area contributed by atoms with E-state index in [0.717, 1.165) is 12.5 Å². The van der Waals surface area contributed by atoms with E-state index >= 15 is 0 Å². The topological polar surface area (TPSA) is 3.24 Å². The molecule has 0 amide bonds. The SMILES string of the molecule is Brc1ccc(CN2CCC(Cc3ccccc3)CC2)s1. The quantitative estimate of drug-likeness (QED) is 0.753. The molecule has 1 fully saturated rings. The van der Waals surface area contributed by atoms with Gasteiger partial charge in [0.1, 0.15) is 0 Å². The Labute approximate surface area is 133 Å². The molecule has 0 aliphatic carbocycles. The van der Waals surface area contributed by atoms with Gasteiger partial charge in [-0.2, -0.15) is 0 Å². The Hall–Kier alpha value is -0.640. The number of hydrogen-bond acceptors (Lipinski definition) is 2. The molecule has 2 heterocycles. The number of nitrogens with zero attached hydrogens (tertiary/aromatic N) is 1. The van der Waals surface area contributed by atoms with E-state index in [2.05, 4.69) is 63.3 Å². The number of benzene rings is 1. The predicted octanol–water partition coefficient (Wildman–Crippen LogP) is 4.97. The van der Waals surface area contributed by atoms with Crippen molar-refractivity contribution in [3.63, 3.8) is 0 Å². The monoisotopic (exact) mass is 349 g/mol. The minimum Gasteiger partial charge on any atom is -0.298 e. The van der Waals surface area contributed by atoms with Crippen LogP contribution in [0, 0.1) is 5.92 Å². The van der Waals surface area contributed by atoms with Gasteiger partial charge in [-0.25, -0.2) is 0 Å². The lowest BCUT2D eigenvalue weighted by Gasteiger charge is -2.31. The van der Waals surface area contributed by atoms with Gasteiger partial charge < -0.3 is 0 Å². The summed E-state index contributed by atoms with van der Waals surface area (Å²) in [5.41, 5.74) is 1.49. The third-order valence-electron chi connectivity index (χ3n) is 4.08. The third-order valence-corrected chi connectivity index (χ3v) is 5.69. The fourth-order valence-electron chi connectivity index (χ4n) is 2.95. The van der Waals surface area contributed by atoms with Gasteiger partial charge in [-0.1, -0.05) is 30.3 Å². The molecule has 2 aromatic rings. The van der Waals surface area contributed by atoms with E-state index < -0.39 is 0 Å². The normalized spacial score (nSPS) is 17.4. The predicted molar refractivity (Wildman–Crippen MR) is 90.2 cm³/mol. The molecule has 0 atom stereocenters. The Morgan fingerprint density at radius 2 is 1.80 bits per heavy atom. The summed E-state index contributed by atoms with van der Waals surface area (Å²) in [6.45, 7) is 3.61. The molecule has 1 nitrogen and oxygen atoms in total. The first kappa shape index (κ1) is 14.3. The number of likely N-dealkylation sites (tertiary alicyclic amines) is 1. The van der Waals surface area contributed by atoms with Gasteiger partial charge in [0.15, 0.2) is 0 Å². The summed E-state index contributed by atoms with van der Waals surface area (Å²) < 4.78 is 1.24. The summed E-state index contributed by atoms with van der Waals surface area (Å²) in [7, 11) is 0. The Balaban J connectivity index is 1.47. The van der Waals surface area contributed by atoms with Gasteiger partial charge in [0, 0.05) is 11.4 Å². The molecular weight excluding hydrogens is 330 g/mol. The molecule has 0 bridgehead atoms. The van der Waals surface area contributed by atoms with Gasteiger partial charge in [-0.3, -0.25) is 4.90 Å². The highest BCUT2D eigenvalue weighted by atomic mass is 79.9. The molecule has 1 aromatic carbocycles. The molecule has 0 saturated carbocycles. The van der Waals surface area contributed by atoms with Gasteiger partial charge in [-0.05, 0) is 71.9 Å². The number of thiophene rings is 1. The molecule has 3 rings (SSSR count). The van der Waals surface area contributed by atoms with Gasteiger partial charge in [0.25, 0.3) is 0 Å². The summed E-state index contributed by atoms with van der Waals surface area (Å²) in [5.74, 6) is 0.865. The van der Waals surface area contributed by atoms with E-state index in [-0.39, 0.29) is 0 Å². The minimum atomic E-state index is 0.865. The fraction of sp³-hybridized carbons (Fsp3) is 0.412. The summed E-state index contributed by atoms with van der Waals surface area (Å²) in [5, 5.41) is 0. The highest BCUT2D eigenvalue weighted by Gasteiger charge is 2.19. The van der Waals surface area contributed by atoms with Crippen LogP contribution in [0.25, 0.3) is 0 Å². The smallest absolute Gasteiger partial charge is 0.0701 e. The summed E-state index contributed by atoms with van der Waals surface area (Å²) >= 11 is 5.40. The van der Waals surface area contributed by atoms with Crippen LogP contribution in [-0.4, -0.2) is 18.0 Å². The lowest BCUT2D eigenvalue weighted by atomic mass is 9.90. The van der Waals surface area contributed by atoms with Gasteiger partial charge in [-0.15, -0.1) is 11.3 Å². The van der Waals surface area contributed by atoms with Gasteiger partial charge in [0.05, 0.1) is 3.79 Å². The maximum Gasteiger partial charge on any atom is 0.0701 e. The number of piperidine rings is 1. The first-order chi connectivity index (χ1) is 9.79. The fourth-order valence-corrected chi connectivity index (χ4v) is 4.48. The number of rotatable bonds is 4. The molecule has 20 heavy (non-hydrogen) atoms. The molecule has 3 heteroatoms. The molecule has 0 N–H and O–H groups in total. The molecule has 106 valence electrons. The zero-order chi connectivity index (χ0) is 13.8. The summed E-state index contributed by atoms with van der Waals surface area (Å²) in [6, 6.07) is 15.3. The standard InChI is InChI=1S/C17H20BrNS/c18-17-7-6-16(20-17)13-19-10-8-15(9-11-19)12-14-4-2-1-3-5-14/h1-7,15H,8-13H2. The van der Waals surface area contributed by atoms with Crippen molar-refractivity contribution in [3.8, 4) is 0 Å². The Morgan fingerprint density at radius 1 is 1.05 bits per heavy atom. The van der Waals surface area contributed by atoms with Crippen molar-refractivity contribution in [1.29, 1.82) is 0 Å². The van der Waals surface area contributed by atoms with Crippen molar-refractivity contribution in [2.45, 2.75) is 25.8 Å². The van der Waals surface area contributed by atoms with Crippen molar-refractivity contribution >= 4 is 27.3 Å². The summed E-state index contributed by atoms with van der Waals surface area (Å²) in [4.78, 5) is 4.07. The van der Waals surface area contributed by atoms with Crippen LogP contribution in [0.1, 0.15) is 23.3 Å². The van der Waals surface area contributed by atoms with E-state index in [9.17, 15) is 0 Å². The highest BCUT2D eigenvalue weighted by Crippen LogP contribution is 2.26.